The van der Waals surface area contributed by atoms with Gasteiger partial charge in [0.15, 0.2) is 5.82 Å². The zero-order valence-corrected chi connectivity index (χ0v) is 24.5. The number of halogens is 1. The maximum atomic E-state index is 12.4. The van der Waals surface area contributed by atoms with E-state index >= 15 is 0 Å². The van der Waals surface area contributed by atoms with E-state index in [1.807, 2.05) is 50.0 Å². The van der Waals surface area contributed by atoms with Crippen LogP contribution in [0.4, 0.5) is 11.6 Å². The highest BCUT2D eigenvalue weighted by molar-refractivity contribution is 6.32. The molecule has 10 nitrogen and oxygen atoms in total. The third kappa shape index (κ3) is 5.28. The highest BCUT2D eigenvalue weighted by Gasteiger charge is 2.40. The largest absolute Gasteiger partial charge is 0.493 e. The van der Waals surface area contributed by atoms with Crippen LogP contribution in [0.5, 0.6) is 5.75 Å². The Bertz CT molecular complexity index is 1480. The van der Waals surface area contributed by atoms with E-state index in [0.717, 1.165) is 22.3 Å². The van der Waals surface area contributed by atoms with E-state index in [2.05, 4.69) is 26.8 Å². The van der Waals surface area contributed by atoms with Crippen molar-refractivity contribution in [3.8, 4) is 28.7 Å². The van der Waals surface area contributed by atoms with Crippen molar-refractivity contribution >= 4 is 29.1 Å². The molecule has 1 amide bonds. The molecule has 3 aromatic rings. The number of aromatic nitrogens is 3. The highest BCUT2D eigenvalue weighted by atomic mass is 35.5. The van der Waals surface area contributed by atoms with Crippen LogP contribution in [0.3, 0.4) is 0 Å². The van der Waals surface area contributed by atoms with Crippen molar-refractivity contribution in [2.75, 3.05) is 38.5 Å². The van der Waals surface area contributed by atoms with Gasteiger partial charge in [-0.3, -0.25) is 14.8 Å². The van der Waals surface area contributed by atoms with Crippen LogP contribution in [0, 0.1) is 18.8 Å². The number of nitrogens with two attached hydrogens (primary N) is 1. The number of aliphatic hydroxyl groups excluding tert-OH is 1. The van der Waals surface area contributed by atoms with Crippen LogP contribution in [-0.2, 0) is 0 Å². The van der Waals surface area contributed by atoms with Crippen LogP contribution in [0.15, 0.2) is 30.7 Å². The normalized spacial score (nSPS) is 16.1. The van der Waals surface area contributed by atoms with Crippen LogP contribution in [-0.4, -0.2) is 69.7 Å². The fourth-order valence-electron chi connectivity index (χ4n) is 4.86. The van der Waals surface area contributed by atoms with E-state index < -0.39 is 12.1 Å². The first-order valence-corrected chi connectivity index (χ1v) is 13.3. The van der Waals surface area contributed by atoms with Gasteiger partial charge in [-0.25, -0.2) is 15.0 Å². The molecule has 3 N–H and O–H groups in total. The Morgan fingerprint density at radius 3 is 2.60 bits per heavy atom. The van der Waals surface area contributed by atoms with E-state index in [1.54, 1.807) is 33.3 Å². The summed E-state index contributed by atoms with van der Waals surface area (Å²) in [5, 5.41) is 14.3. The Kier molecular flexibility index (Phi) is 8.49. The second kappa shape index (κ2) is 11.7. The summed E-state index contributed by atoms with van der Waals surface area (Å²) in [4.78, 5) is 27.1. The fourth-order valence-corrected chi connectivity index (χ4v) is 5.07. The Morgan fingerprint density at radius 2 is 2.00 bits per heavy atom. The summed E-state index contributed by atoms with van der Waals surface area (Å²) < 4.78 is 6.28. The molecule has 11 heteroatoms. The van der Waals surface area contributed by atoms with Crippen LogP contribution in [0.2, 0.25) is 5.02 Å². The molecule has 0 saturated carbocycles. The van der Waals surface area contributed by atoms with Crippen molar-refractivity contribution in [3.63, 3.8) is 0 Å². The molecule has 2 aromatic heterocycles. The lowest BCUT2D eigenvalue weighted by Gasteiger charge is -2.35. The summed E-state index contributed by atoms with van der Waals surface area (Å²) in [5.74, 6) is 7.35. The Labute approximate surface area is 239 Å². The molecule has 40 heavy (non-hydrogen) atoms. The van der Waals surface area contributed by atoms with E-state index in [0.29, 0.717) is 40.3 Å². The summed E-state index contributed by atoms with van der Waals surface area (Å²) in [6.07, 6.45) is 2.29. The quantitative estimate of drug-likeness (QED) is 0.428. The maximum Gasteiger partial charge on any atom is 0.271 e. The third-order valence-electron chi connectivity index (χ3n) is 6.81. The van der Waals surface area contributed by atoms with Crippen LogP contribution in [0.25, 0.3) is 11.1 Å². The average molecular weight is 564 g/mol. The van der Waals surface area contributed by atoms with Gasteiger partial charge in [0.1, 0.15) is 35.7 Å². The minimum Gasteiger partial charge on any atom is -0.493 e. The molecule has 1 aromatic carbocycles. The lowest BCUT2D eigenvalue weighted by atomic mass is 9.94. The van der Waals surface area contributed by atoms with E-state index in [1.165, 1.54) is 11.2 Å². The van der Waals surface area contributed by atoms with Crippen LogP contribution >= 0.6 is 11.6 Å². The average Bonchev–Trinajstić information content (AvgIpc) is 3.21. The SMILES string of the molecule is CCOc1c(C(C)N2c3ncnc(N)c3C(C#C[C@H](C)O)N2C)cc(Cl)c(C)c1-c1ccc(C(=O)N(C)C)nc1. The van der Waals surface area contributed by atoms with Crippen molar-refractivity contribution in [2.24, 2.45) is 0 Å². The number of nitrogens with zero attached hydrogens (tertiary/aromatic N) is 6. The lowest BCUT2D eigenvalue weighted by molar-refractivity contribution is 0.0822. The maximum absolute atomic E-state index is 12.4. The molecule has 4 rings (SSSR count). The molecular weight excluding hydrogens is 530 g/mol. The molecule has 3 heterocycles. The first-order valence-electron chi connectivity index (χ1n) is 12.9. The second-order valence-electron chi connectivity index (χ2n) is 9.80. The van der Waals surface area contributed by atoms with Crippen molar-refractivity contribution in [1.82, 2.24) is 24.9 Å². The molecule has 0 fully saturated rings. The number of carbonyl (C=O) groups excluding carboxylic acids is 1. The summed E-state index contributed by atoms with van der Waals surface area (Å²) in [6, 6.07) is 4.67. The van der Waals surface area contributed by atoms with E-state index in [4.69, 9.17) is 22.1 Å². The van der Waals surface area contributed by atoms with Gasteiger partial charge in [0.05, 0.1) is 18.2 Å². The number of amides is 1. The van der Waals surface area contributed by atoms with Gasteiger partial charge in [0, 0.05) is 49.1 Å². The van der Waals surface area contributed by atoms with Gasteiger partial charge in [-0.2, -0.15) is 0 Å². The molecule has 1 aliphatic rings. The van der Waals surface area contributed by atoms with Gasteiger partial charge in [-0.05, 0) is 45.4 Å². The van der Waals surface area contributed by atoms with Crippen molar-refractivity contribution in [1.29, 1.82) is 0 Å². The van der Waals surface area contributed by atoms with Crippen molar-refractivity contribution in [2.45, 2.75) is 45.9 Å². The number of aliphatic hydroxyl groups is 1. The van der Waals surface area contributed by atoms with Gasteiger partial charge >= 0.3 is 0 Å². The summed E-state index contributed by atoms with van der Waals surface area (Å²) in [7, 11) is 5.26. The number of benzene rings is 1. The number of fused-ring (bicyclic) bond motifs is 1. The fraction of sp³-hybridized carbons (Fsp3) is 0.379. The standard InChI is InChI=1S/C29H34ClN7O3/c1-8-40-26-20(13-21(30)17(3)24(26)19-10-11-22(32-14-19)29(39)35(5)6)18(4)37-28-25(27(31)33-15-34-28)23(36(37)7)12-9-16(2)38/h10-11,13-16,18,23,38H,8H2,1-7H3,(H2,31,33,34)/t16-,18?,23?/m0/s1. The van der Waals surface area contributed by atoms with E-state index in [-0.39, 0.29) is 11.9 Å². The van der Waals surface area contributed by atoms with Gasteiger partial charge in [0.25, 0.3) is 5.91 Å². The zero-order chi connectivity index (χ0) is 29.3. The number of hydrazine groups is 1. The summed E-state index contributed by atoms with van der Waals surface area (Å²) in [5.41, 5.74) is 10.5. The van der Waals surface area contributed by atoms with Crippen molar-refractivity contribution in [3.05, 3.63) is 58.1 Å². The van der Waals surface area contributed by atoms with Gasteiger partial charge in [-0.1, -0.05) is 29.5 Å². The third-order valence-corrected chi connectivity index (χ3v) is 7.21. The smallest absolute Gasteiger partial charge is 0.271 e. The molecule has 0 saturated heterocycles. The molecule has 2 unspecified atom stereocenters. The topological polar surface area (TPSA) is 121 Å². The van der Waals surface area contributed by atoms with Gasteiger partial charge < -0.3 is 20.5 Å². The Hall–Kier alpha value is -3.91. The number of carbonyl (C=O) groups is 1. The Balaban J connectivity index is 1.87. The molecule has 0 radical (unpaired) electrons. The first kappa shape index (κ1) is 29.1. The Morgan fingerprint density at radius 1 is 1.27 bits per heavy atom. The zero-order valence-electron chi connectivity index (χ0n) is 23.7. The molecule has 0 spiro atoms. The number of ether oxygens (including phenoxy) is 1. The molecule has 1 aliphatic heterocycles. The highest BCUT2D eigenvalue weighted by Crippen LogP contribution is 2.48. The van der Waals surface area contributed by atoms with E-state index in [9.17, 15) is 9.90 Å². The minimum atomic E-state index is -0.801. The van der Waals surface area contributed by atoms with Crippen LogP contribution in [0.1, 0.15) is 60.0 Å². The first-order chi connectivity index (χ1) is 19.0. The predicted octanol–water partition coefficient (Wildman–Crippen LogP) is 4.04. The van der Waals surface area contributed by atoms with Crippen LogP contribution < -0.4 is 15.5 Å². The molecular formula is C29H34ClN7O3. The number of hydrogen-bond acceptors (Lipinski definition) is 9. The number of hydrogen-bond donors (Lipinski definition) is 2. The number of pyridine rings is 1. The number of rotatable bonds is 6. The predicted molar refractivity (Wildman–Crippen MR) is 156 cm³/mol. The van der Waals surface area contributed by atoms with Gasteiger partial charge in [-0.15, -0.1) is 0 Å². The number of nitrogen functional groups attached to an aromatic ring is 1. The van der Waals surface area contributed by atoms with Crippen molar-refractivity contribution < 1.29 is 14.6 Å². The molecule has 3 atom stereocenters. The summed E-state index contributed by atoms with van der Waals surface area (Å²) in [6.45, 7) is 7.90. The second-order valence-corrected chi connectivity index (χ2v) is 10.2. The molecule has 0 aliphatic carbocycles. The monoisotopic (exact) mass is 563 g/mol. The summed E-state index contributed by atoms with van der Waals surface area (Å²) >= 11 is 6.83. The minimum absolute atomic E-state index is 0.182. The molecule has 210 valence electrons. The molecule has 0 bridgehead atoms. The van der Waals surface area contributed by atoms with Gasteiger partial charge in [0.2, 0.25) is 0 Å². The lowest BCUT2D eigenvalue weighted by Crippen LogP contribution is -2.39. The number of anilines is 2.